The summed E-state index contributed by atoms with van der Waals surface area (Å²) in [5.74, 6) is -0.0111. The van der Waals surface area contributed by atoms with Crippen LogP contribution in [0.15, 0.2) is 11.6 Å². The zero-order valence-corrected chi connectivity index (χ0v) is 15.7. The number of anilines is 1. The van der Waals surface area contributed by atoms with Crippen molar-refractivity contribution in [1.29, 1.82) is 0 Å². The van der Waals surface area contributed by atoms with Crippen molar-refractivity contribution in [2.24, 2.45) is 5.41 Å². The van der Waals surface area contributed by atoms with Crippen molar-refractivity contribution in [1.82, 2.24) is 9.97 Å². The molecule has 0 aliphatic carbocycles. The molecule has 0 amide bonds. The minimum atomic E-state index is -0.644. The number of aryl methyl sites for hydroxylation is 1. The summed E-state index contributed by atoms with van der Waals surface area (Å²) in [6.07, 6.45) is 2.76. The third kappa shape index (κ3) is 3.65. The lowest BCUT2D eigenvalue weighted by molar-refractivity contribution is -0.148. The van der Waals surface area contributed by atoms with Crippen molar-refractivity contribution in [3.8, 4) is 0 Å². The Morgan fingerprint density at radius 3 is 2.36 bits per heavy atom. The normalized spacial score (nSPS) is 14.8. The van der Waals surface area contributed by atoms with E-state index in [9.17, 15) is 9.59 Å². The van der Waals surface area contributed by atoms with E-state index in [4.69, 9.17) is 9.47 Å². The largest absolute Gasteiger partial charge is 0.468 e. The van der Waals surface area contributed by atoms with E-state index in [2.05, 4.69) is 14.9 Å². The molecule has 1 aliphatic heterocycles. The monoisotopic (exact) mass is 347 g/mol. The van der Waals surface area contributed by atoms with Crippen LogP contribution in [0, 0.1) is 19.3 Å². The van der Waals surface area contributed by atoms with Crippen molar-refractivity contribution in [3.63, 3.8) is 0 Å². The van der Waals surface area contributed by atoms with Crippen LogP contribution < -0.4 is 4.90 Å². The minimum Gasteiger partial charge on any atom is -0.468 e. The van der Waals surface area contributed by atoms with Crippen LogP contribution in [0.2, 0.25) is 0 Å². The number of aromatic nitrogens is 2. The van der Waals surface area contributed by atoms with Gasteiger partial charge in [0, 0.05) is 24.3 Å². The topological polar surface area (TPSA) is 81.6 Å². The second-order valence-corrected chi connectivity index (χ2v) is 6.61. The van der Waals surface area contributed by atoms with Gasteiger partial charge in [0.15, 0.2) is 0 Å². The first kappa shape index (κ1) is 18.9. The fourth-order valence-corrected chi connectivity index (χ4v) is 2.92. The van der Waals surface area contributed by atoms with Crippen molar-refractivity contribution in [2.75, 3.05) is 32.2 Å². The number of methoxy groups -OCH3 is 2. The summed E-state index contributed by atoms with van der Waals surface area (Å²) < 4.78 is 9.63. The van der Waals surface area contributed by atoms with Gasteiger partial charge in [0.1, 0.15) is 5.82 Å². The Morgan fingerprint density at radius 2 is 1.84 bits per heavy atom. The van der Waals surface area contributed by atoms with Crippen LogP contribution in [0.4, 0.5) is 5.82 Å². The molecule has 0 spiro atoms. The molecule has 2 rings (SSSR count). The van der Waals surface area contributed by atoms with Crippen molar-refractivity contribution >= 4 is 17.8 Å². The highest BCUT2D eigenvalue weighted by atomic mass is 16.5. The molecule has 25 heavy (non-hydrogen) atoms. The molecule has 0 unspecified atom stereocenters. The predicted octanol–water partition coefficient (Wildman–Crippen LogP) is 2.22. The molecule has 0 fully saturated rings. The molecule has 7 heteroatoms. The first-order valence-electron chi connectivity index (χ1n) is 8.18. The van der Waals surface area contributed by atoms with Gasteiger partial charge in [0.2, 0.25) is 5.82 Å². The number of carbonyl (C=O) groups excluding carboxylic acids is 2. The molecular weight excluding hydrogens is 322 g/mol. The molecule has 0 radical (unpaired) electrons. The first-order valence-corrected chi connectivity index (χ1v) is 8.18. The number of hydrogen-bond donors (Lipinski definition) is 0. The van der Waals surface area contributed by atoms with Gasteiger partial charge in [-0.2, -0.15) is 0 Å². The average Bonchev–Trinajstić information content (AvgIpc) is 2.62. The van der Waals surface area contributed by atoms with E-state index in [0.29, 0.717) is 13.1 Å². The summed E-state index contributed by atoms with van der Waals surface area (Å²) in [5, 5.41) is 0. The zero-order chi connectivity index (χ0) is 18.8. The Kier molecular flexibility index (Phi) is 5.45. The molecular formula is C18H25N3O4. The molecule has 2 heterocycles. The summed E-state index contributed by atoms with van der Waals surface area (Å²) >= 11 is 0. The standard InChI is InChI=1S/C18H25N3O4/c1-11-12(2)19-14(16(22)24-5)20-15(11)21-9-7-13(8-10-21)18(3,4)17(23)25-6/h7H,8-10H2,1-6H3. The van der Waals surface area contributed by atoms with E-state index in [1.165, 1.54) is 14.2 Å². The van der Waals surface area contributed by atoms with Crippen LogP contribution >= 0.6 is 0 Å². The number of hydrogen-bond acceptors (Lipinski definition) is 7. The van der Waals surface area contributed by atoms with Gasteiger partial charge in [-0.25, -0.2) is 14.8 Å². The maximum Gasteiger partial charge on any atom is 0.376 e. The zero-order valence-electron chi connectivity index (χ0n) is 15.7. The fraction of sp³-hybridized carbons (Fsp3) is 0.556. The molecule has 0 bridgehead atoms. The van der Waals surface area contributed by atoms with Crippen molar-refractivity contribution in [2.45, 2.75) is 34.1 Å². The second kappa shape index (κ2) is 7.21. The number of ether oxygens (including phenoxy) is 2. The van der Waals surface area contributed by atoms with Crippen LogP contribution in [0.3, 0.4) is 0 Å². The highest BCUT2D eigenvalue weighted by molar-refractivity contribution is 5.85. The minimum absolute atomic E-state index is 0.0604. The number of rotatable bonds is 4. The van der Waals surface area contributed by atoms with E-state index in [1.54, 1.807) is 0 Å². The van der Waals surface area contributed by atoms with Crippen LogP contribution in [0.25, 0.3) is 0 Å². The lowest BCUT2D eigenvalue weighted by atomic mass is 9.81. The Morgan fingerprint density at radius 1 is 1.16 bits per heavy atom. The highest BCUT2D eigenvalue weighted by Crippen LogP contribution is 2.33. The van der Waals surface area contributed by atoms with Crippen LogP contribution in [-0.4, -0.2) is 49.2 Å². The quantitative estimate of drug-likeness (QED) is 0.610. The van der Waals surface area contributed by atoms with Gasteiger partial charge in [0.05, 0.1) is 19.6 Å². The molecule has 136 valence electrons. The first-order chi connectivity index (χ1) is 11.7. The Hall–Kier alpha value is -2.44. The number of nitrogens with zero attached hydrogens (tertiary/aromatic N) is 3. The molecule has 0 saturated heterocycles. The molecule has 1 aromatic rings. The van der Waals surface area contributed by atoms with Gasteiger partial charge in [-0.1, -0.05) is 11.6 Å². The molecule has 0 saturated carbocycles. The molecule has 7 nitrogen and oxygen atoms in total. The van der Waals surface area contributed by atoms with Gasteiger partial charge in [-0.05, 0) is 34.1 Å². The van der Waals surface area contributed by atoms with E-state index in [-0.39, 0.29) is 11.8 Å². The van der Waals surface area contributed by atoms with Crippen LogP contribution in [0.1, 0.15) is 42.1 Å². The van der Waals surface area contributed by atoms with Crippen molar-refractivity contribution < 1.29 is 19.1 Å². The summed E-state index contributed by atoms with van der Waals surface area (Å²) in [6.45, 7) is 8.82. The third-order valence-corrected chi connectivity index (χ3v) is 4.74. The average molecular weight is 347 g/mol. The van der Waals surface area contributed by atoms with Gasteiger partial charge < -0.3 is 14.4 Å². The molecule has 0 atom stereocenters. The molecule has 1 aliphatic rings. The SMILES string of the molecule is COC(=O)c1nc(C)c(C)c(N2CC=C(C(C)(C)C(=O)OC)CC2)n1. The van der Waals surface area contributed by atoms with E-state index in [0.717, 1.165) is 29.1 Å². The number of esters is 2. The van der Waals surface area contributed by atoms with Gasteiger partial charge >= 0.3 is 11.9 Å². The maximum absolute atomic E-state index is 12.0. The lowest BCUT2D eigenvalue weighted by Crippen LogP contribution is -2.36. The Bertz CT molecular complexity index is 725. The summed E-state index contributed by atoms with van der Waals surface area (Å²) in [7, 11) is 2.71. The van der Waals surface area contributed by atoms with Gasteiger partial charge in [-0.15, -0.1) is 0 Å². The molecule has 0 N–H and O–H groups in total. The third-order valence-electron chi connectivity index (χ3n) is 4.74. The predicted molar refractivity (Wildman–Crippen MR) is 93.6 cm³/mol. The van der Waals surface area contributed by atoms with E-state index < -0.39 is 11.4 Å². The van der Waals surface area contributed by atoms with Crippen LogP contribution in [-0.2, 0) is 14.3 Å². The summed E-state index contributed by atoms with van der Waals surface area (Å²) in [5.41, 5.74) is 2.08. The number of carbonyl (C=O) groups is 2. The second-order valence-electron chi connectivity index (χ2n) is 6.61. The van der Waals surface area contributed by atoms with E-state index >= 15 is 0 Å². The summed E-state index contributed by atoms with van der Waals surface area (Å²) in [4.78, 5) is 34.4. The molecule has 0 aromatic carbocycles. The summed E-state index contributed by atoms with van der Waals surface area (Å²) in [6, 6.07) is 0. The lowest BCUT2D eigenvalue weighted by Gasteiger charge is -2.34. The fourth-order valence-electron chi connectivity index (χ4n) is 2.92. The Balaban J connectivity index is 2.30. The van der Waals surface area contributed by atoms with Crippen LogP contribution in [0.5, 0.6) is 0 Å². The Labute approximate surface area is 148 Å². The molecule has 1 aromatic heterocycles. The smallest absolute Gasteiger partial charge is 0.376 e. The maximum atomic E-state index is 12.0. The van der Waals surface area contributed by atoms with Gasteiger partial charge in [0.25, 0.3) is 0 Å². The van der Waals surface area contributed by atoms with Crippen molar-refractivity contribution in [3.05, 3.63) is 28.7 Å². The van der Waals surface area contributed by atoms with Gasteiger partial charge in [-0.3, -0.25) is 4.79 Å². The highest BCUT2D eigenvalue weighted by Gasteiger charge is 2.34. The van der Waals surface area contributed by atoms with E-state index in [1.807, 2.05) is 33.8 Å².